The summed E-state index contributed by atoms with van der Waals surface area (Å²) in [6.07, 6.45) is 0. The molecule has 0 unspecified atom stereocenters. The van der Waals surface area contributed by atoms with Gasteiger partial charge in [0.25, 0.3) is 0 Å². The molecule has 0 amide bonds. The lowest BCUT2D eigenvalue weighted by molar-refractivity contribution is 0.670. The molecule has 0 N–H and O–H groups in total. The second kappa shape index (κ2) is 13.6. The number of para-hydroxylation sites is 3. The fourth-order valence-corrected chi connectivity index (χ4v) is 8.08. The molecule has 13 rings (SSSR count). The first kappa shape index (κ1) is 18.9. The maximum absolute atomic E-state index is 10.2. The molecule has 0 bridgehead atoms. The summed E-state index contributed by atoms with van der Waals surface area (Å²) in [6.45, 7) is 0. The van der Waals surface area contributed by atoms with Crippen LogP contribution in [-0.4, -0.2) is 19.5 Å². The summed E-state index contributed by atoms with van der Waals surface area (Å²) in [4.78, 5) is 13.7. The van der Waals surface area contributed by atoms with Crippen molar-refractivity contribution < 1.29 is 35.9 Å². The largest absolute Gasteiger partial charge is 0.455 e. The van der Waals surface area contributed by atoms with Gasteiger partial charge in [-0.2, -0.15) is 0 Å². The van der Waals surface area contributed by atoms with Crippen LogP contribution in [-0.2, 0) is 0 Å². The monoisotopic (exact) mass is 813 g/mol. The van der Waals surface area contributed by atoms with E-state index in [1.54, 1.807) is 65.2 Å². The summed E-state index contributed by atoms with van der Waals surface area (Å²) < 4.78 is 215. The van der Waals surface area contributed by atoms with Crippen molar-refractivity contribution in [1.29, 1.82) is 0 Å². The molecule has 0 aliphatic rings. The highest BCUT2D eigenvalue weighted by Gasteiger charge is 2.23. The Balaban J connectivity index is 1.12. The van der Waals surface area contributed by atoms with Crippen LogP contribution in [0, 0.1) is 0 Å². The molecule has 62 heavy (non-hydrogen) atoms. The molecule has 0 fully saturated rings. The Morgan fingerprint density at radius 3 is 1.65 bits per heavy atom. The summed E-state index contributed by atoms with van der Waals surface area (Å²) in [5, 5.41) is 0.641. The Kier molecular flexibility index (Phi) is 4.13. The number of fused-ring (bicyclic) bond motifs is 6. The summed E-state index contributed by atoms with van der Waals surface area (Å²) in [7, 11) is 0. The van der Waals surface area contributed by atoms with Crippen molar-refractivity contribution in [2.45, 2.75) is 0 Å². The SMILES string of the molecule is [2H]c1c([2H])c([2H])c(-c2nc(-c3c([2H])c([2H])c(-c4c([2H])c([2H])c([2H])c([2H])c4[2H])c([2H])c3[2H])nc(-c3cccc4c3oc3c(-c5c([2H])c6c7c([2H])c([2H])c([2H])c([2H])c7c7c([2H])c([2H])c([2H])c8c7c6c(c5[2H])n8-c5ccccc5)cccc34)n2)c([2H])c1[2H]. The van der Waals surface area contributed by atoms with E-state index >= 15 is 0 Å². The minimum atomic E-state index is -0.863. The van der Waals surface area contributed by atoms with Gasteiger partial charge < -0.3 is 8.98 Å². The minimum Gasteiger partial charge on any atom is -0.455 e. The molecular weight excluding hydrogens is 757 g/mol. The van der Waals surface area contributed by atoms with Gasteiger partial charge in [-0.25, -0.2) is 15.0 Å². The fourth-order valence-electron chi connectivity index (χ4n) is 8.08. The Morgan fingerprint density at radius 1 is 0.371 bits per heavy atom. The number of hydrogen-bond acceptors (Lipinski definition) is 4. The van der Waals surface area contributed by atoms with E-state index in [-0.39, 0.29) is 89.1 Å². The van der Waals surface area contributed by atoms with Crippen LogP contribution in [0.3, 0.4) is 0 Å². The van der Waals surface area contributed by atoms with Crippen LogP contribution in [0.5, 0.6) is 0 Å². The number of hydrogen-bond donors (Lipinski definition) is 0. The van der Waals surface area contributed by atoms with E-state index < -0.39 is 161 Å². The van der Waals surface area contributed by atoms with Gasteiger partial charge in [0.15, 0.2) is 17.5 Å². The van der Waals surface area contributed by atoms with Crippen LogP contribution in [0.15, 0.2) is 210 Å². The molecule has 0 radical (unpaired) electrons. The average molecular weight is 814 g/mol. The quantitative estimate of drug-likeness (QED) is 0.157. The molecule has 0 atom stereocenters. The molecule has 5 heteroatoms. The molecule has 3 heterocycles. The highest BCUT2D eigenvalue weighted by molar-refractivity contribution is 6.35. The van der Waals surface area contributed by atoms with E-state index in [4.69, 9.17) is 25.0 Å². The van der Waals surface area contributed by atoms with Crippen molar-refractivity contribution in [3.8, 4) is 62.1 Å². The van der Waals surface area contributed by atoms with Gasteiger partial charge >= 0.3 is 0 Å². The summed E-state index contributed by atoms with van der Waals surface area (Å²) in [5.41, 5.74) is -1.75. The predicted octanol–water partition coefficient (Wildman–Crippen LogP) is 14.9. The topological polar surface area (TPSA) is 56.7 Å². The number of benzene rings is 10. The molecule has 288 valence electrons. The average Bonchev–Trinajstić information content (AvgIpc) is 1.58. The summed E-state index contributed by atoms with van der Waals surface area (Å²) in [6, 6.07) is 2.54. The first-order valence-corrected chi connectivity index (χ1v) is 19.1. The van der Waals surface area contributed by atoms with Crippen LogP contribution < -0.4 is 0 Å². The smallest absolute Gasteiger partial charge is 0.167 e. The van der Waals surface area contributed by atoms with E-state index in [1.807, 2.05) is 0 Å². The molecule has 5 nitrogen and oxygen atoms in total. The van der Waals surface area contributed by atoms with Gasteiger partial charge in [0.05, 0.1) is 48.1 Å². The third-order valence-corrected chi connectivity index (χ3v) is 10.7. The lowest BCUT2D eigenvalue weighted by atomic mass is 9.92. The van der Waals surface area contributed by atoms with Gasteiger partial charge in [0.1, 0.15) is 11.2 Å². The number of rotatable bonds is 6. The minimum absolute atomic E-state index is 0.0120. The Hall–Kier alpha value is -8.41. The number of furan rings is 1. The first-order chi connectivity index (χ1) is 40.3. The molecule has 0 spiro atoms. The molecule has 10 aromatic carbocycles. The maximum atomic E-state index is 10.2. The molecule has 0 saturated carbocycles. The Bertz CT molecular complexity index is 5150. The fraction of sp³-hybridized carbons (Fsp3) is 0. The van der Waals surface area contributed by atoms with Crippen molar-refractivity contribution in [3.63, 3.8) is 0 Å². The summed E-state index contributed by atoms with van der Waals surface area (Å²) in [5.74, 6) is -1.56. The zero-order chi connectivity index (χ0) is 60.7. The second-order valence-electron chi connectivity index (χ2n) is 14.1. The van der Waals surface area contributed by atoms with Crippen LogP contribution >= 0.6 is 0 Å². The molecular formula is C57H34N4O. The third kappa shape index (κ3) is 5.25. The van der Waals surface area contributed by atoms with Crippen LogP contribution in [0.1, 0.15) is 31.5 Å². The zero-order valence-electron chi connectivity index (χ0n) is 54.5. The Morgan fingerprint density at radius 2 is 0.919 bits per heavy atom. The number of nitrogens with zero attached hydrogens (tertiary/aromatic N) is 4. The highest BCUT2D eigenvalue weighted by Crippen LogP contribution is 2.47. The standard InChI is InChI=1S/C57H34N4O/c1-4-15-35(16-5-1)36-29-31-38(32-30-36)56-58-55(37-17-6-2-7-18-37)59-57(60-56)47-27-13-26-46-45-25-12-23-41(53(45)62-54(46)47)39-33-48-43-22-11-10-21-42(43)44-24-14-28-49-51(44)52(48)50(34-39)61(49)40-19-8-3-9-20-40/h1-34H/i1D,2D,4D,5D,6D,7D,10D,11D,14D,15D,16D,17D,18D,21D,22D,24D,28D,29D,30D,31D,32D,33D,34D. The van der Waals surface area contributed by atoms with Crippen molar-refractivity contribution in [2.24, 2.45) is 0 Å². The molecule has 13 aromatic rings. The van der Waals surface area contributed by atoms with Crippen LogP contribution in [0.25, 0.3) is 127 Å². The van der Waals surface area contributed by atoms with Crippen molar-refractivity contribution in [3.05, 3.63) is 206 Å². The lowest BCUT2D eigenvalue weighted by Crippen LogP contribution is -2.00. The summed E-state index contributed by atoms with van der Waals surface area (Å²) >= 11 is 0. The van der Waals surface area contributed by atoms with Gasteiger partial charge in [0, 0.05) is 43.9 Å². The number of aromatic nitrogens is 4. The van der Waals surface area contributed by atoms with Crippen LogP contribution in [0.4, 0.5) is 0 Å². The zero-order valence-corrected chi connectivity index (χ0v) is 31.5. The van der Waals surface area contributed by atoms with Crippen molar-refractivity contribution >= 4 is 65.3 Å². The van der Waals surface area contributed by atoms with E-state index in [9.17, 15) is 11.0 Å². The predicted molar refractivity (Wildman–Crippen MR) is 255 cm³/mol. The van der Waals surface area contributed by atoms with Gasteiger partial charge in [0.2, 0.25) is 0 Å². The van der Waals surface area contributed by atoms with Crippen molar-refractivity contribution in [2.75, 3.05) is 0 Å². The second-order valence-corrected chi connectivity index (χ2v) is 14.1. The molecule has 0 aliphatic carbocycles. The van der Waals surface area contributed by atoms with Gasteiger partial charge in [-0.15, -0.1) is 0 Å². The van der Waals surface area contributed by atoms with Gasteiger partial charge in [-0.05, 0) is 74.6 Å². The maximum Gasteiger partial charge on any atom is 0.167 e. The Labute approximate surface area is 388 Å². The van der Waals surface area contributed by atoms with E-state index in [0.29, 0.717) is 16.5 Å². The third-order valence-electron chi connectivity index (χ3n) is 10.7. The van der Waals surface area contributed by atoms with Gasteiger partial charge in [-0.3, -0.25) is 0 Å². The van der Waals surface area contributed by atoms with E-state index in [0.717, 1.165) is 0 Å². The highest BCUT2D eigenvalue weighted by atomic mass is 16.3. The van der Waals surface area contributed by atoms with Crippen LogP contribution in [0.2, 0.25) is 0 Å². The lowest BCUT2D eigenvalue weighted by Gasteiger charge is -2.12. The van der Waals surface area contributed by atoms with Crippen molar-refractivity contribution in [1.82, 2.24) is 19.5 Å². The normalized spacial score (nSPS) is 17.1. The molecule has 0 aliphatic heterocycles. The first-order valence-electron chi connectivity index (χ1n) is 30.6. The van der Waals surface area contributed by atoms with E-state index in [1.165, 1.54) is 6.07 Å². The molecule has 0 saturated heterocycles. The van der Waals surface area contributed by atoms with E-state index in [2.05, 4.69) is 15.0 Å². The van der Waals surface area contributed by atoms with Gasteiger partial charge in [-0.1, -0.05) is 169 Å². The molecule has 3 aromatic heterocycles.